The van der Waals surface area contributed by atoms with E-state index in [-0.39, 0.29) is 29.9 Å². The molecule has 0 aromatic heterocycles. The van der Waals surface area contributed by atoms with Gasteiger partial charge in [-0.05, 0) is 55.7 Å². The SMILES string of the molecule is O=C1CN(CCCCCS(=O)(=O)N[C@@H](c2ccc(F)c(OCC3CC3)c2)C2CCOC2)C(=O)N1. The molecule has 2 aliphatic heterocycles. The van der Waals surface area contributed by atoms with E-state index in [9.17, 15) is 22.4 Å². The number of imide groups is 1. The predicted octanol–water partition coefficient (Wildman–Crippen LogP) is 2.33. The van der Waals surface area contributed by atoms with Gasteiger partial charge in [0.05, 0.1) is 25.0 Å². The summed E-state index contributed by atoms with van der Waals surface area (Å²) in [6, 6.07) is 3.60. The normalized spacial score (nSPS) is 21.7. The first kappa shape index (κ1) is 24.9. The average molecular weight is 498 g/mol. The van der Waals surface area contributed by atoms with Gasteiger partial charge in [-0.1, -0.05) is 12.5 Å². The number of nitrogens with zero attached hydrogens (tertiary/aromatic N) is 1. The summed E-state index contributed by atoms with van der Waals surface area (Å²) >= 11 is 0. The van der Waals surface area contributed by atoms with E-state index in [4.69, 9.17) is 9.47 Å². The molecule has 3 aliphatic rings. The van der Waals surface area contributed by atoms with Crippen LogP contribution in [0.3, 0.4) is 0 Å². The molecule has 3 fully saturated rings. The van der Waals surface area contributed by atoms with Crippen molar-refractivity contribution in [1.29, 1.82) is 0 Å². The highest BCUT2D eigenvalue weighted by molar-refractivity contribution is 7.89. The fourth-order valence-electron chi connectivity index (χ4n) is 4.26. The molecule has 0 spiro atoms. The van der Waals surface area contributed by atoms with Crippen LogP contribution in [0.4, 0.5) is 9.18 Å². The Kier molecular flexibility index (Phi) is 8.05. The molecule has 2 N–H and O–H groups in total. The van der Waals surface area contributed by atoms with Gasteiger partial charge in [-0.2, -0.15) is 0 Å². The van der Waals surface area contributed by atoms with E-state index in [0.29, 0.717) is 63.5 Å². The van der Waals surface area contributed by atoms with Gasteiger partial charge in [-0.25, -0.2) is 22.3 Å². The van der Waals surface area contributed by atoms with Crippen LogP contribution in [0.1, 0.15) is 50.1 Å². The van der Waals surface area contributed by atoms with Crippen LogP contribution in [-0.4, -0.2) is 63.9 Å². The Balaban J connectivity index is 1.33. The largest absolute Gasteiger partial charge is 0.490 e. The average Bonchev–Trinajstić information content (AvgIpc) is 3.34. The van der Waals surface area contributed by atoms with Gasteiger partial charge in [-0.15, -0.1) is 0 Å². The fraction of sp³-hybridized carbons (Fsp3) is 0.652. The molecular weight excluding hydrogens is 465 g/mol. The molecule has 1 aromatic carbocycles. The van der Waals surface area contributed by atoms with Gasteiger partial charge in [0.15, 0.2) is 11.6 Å². The number of nitrogens with one attached hydrogen (secondary N) is 2. The minimum absolute atomic E-state index is 0.0495. The summed E-state index contributed by atoms with van der Waals surface area (Å²) in [5.41, 5.74) is 0.663. The molecule has 188 valence electrons. The second-order valence-corrected chi connectivity index (χ2v) is 11.2. The minimum atomic E-state index is -3.61. The summed E-state index contributed by atoms with van der Waals surface area (Å²) in [4.78, 5) is 24.2. The Hall–Kier alpha value is -2.24. The fourth-order valence-corrected chi connectivity index (χ4v) is 5.67. The monoisotopic (exact) mass is 497 g/mol. The van der Waals surface area contributed by atoms with Crippen molar-refractivity contribution in [1.82, 2.24) is 14.9 Å². The van der Waals surface area contributed by atoms with E-state index >= 15 is 0 Å². The Morgan fingerprint density at radius 2 is 2.03 bits per heavy atom. The molecule has 2 atom stereocenters. The van der Waals surface area contributed by atoms with Gasteiger partial charge in [0.1, 0.15) is 6.54 Å². The molecule has 1 aromatic rings. The van der Waals surface area contributed by atoms with Crippen molar-refractivity contribution in [2.75, 3.05) is 38.7 Å². The third-order valence-electron chi connectivity index (χ3n) is 6.44. The summed E-state index contributed by atoms with van der Waals surface area (Å²) in [7, 11) is -3.61. The van der Waals surface area contributed by atoms with E-state index in [0.717, 1.165) is 12.8 Å². The number of sulfonamides is 1. The highest BCUT2D eigenvalue weighted by atomic mass is 32.2. The molecule has 4 rings (SSSR count). The third-order valence-corrected chi connectivity index (χ3v) is 7.88. The zero-order chi connectivity index (χ0) is 24.1. The van der Waals surface area contributed by atoms with Crippen LogP contribution in [0.5, 0.6) is 5.75 Å². The summed E-state index contributed by atoms with van der Waals surface area (Å²) < 4.78 is 54.0. The molecule has 2 saturated heterocycles. The first-order chi connectivity index (χ1) is 16.3. The molecule has 3 amide bonds. The molecule has 1 saturated carbocycles. The number of hydrogen-bond acceptors (Lipinski definition) is 6. The van der Waals surface area contributed by atoms with Gasteiger partial charge in [0.25, 0.3) is 0 Å². The number of unbranched alkanes of at least 4 members (excludes halogenated alkanes) is 2. The number of halogens is 1. The molecular formula is C23H32FN3O6S. The molecule has 0 bridgehead atoms. The lowest BCUT2D eigenvalue weighted by atomic mass is 9.93. The molecule has 1 unspecified atom stereocenters. The van der Waals surface area contributed by atoms with Crippen LogP contribution in [0.25, 0.3) is 0 Å². The third kappa shape index (κ3) is 6.89. The second kappa shape index (κ2) is 11.0. The molecule has 11 heteroatoms. The molecule has 1 aliphatic carbocycles. The number of ether oxygens (including phenoxy) is 2. The number of rotatable bonds is 13. The number of urea groups is 1. The topological polar surface area (TPSA) is 114 Å². The number of carbonyl (C=O) groups excluding carboxylic acids is 2. The summed E-state index contributed by atoms with van der Waals surface area (Å²) in [5, 5.41) is 2.22. The lowest BCUT2D eigenvalue weighted by Gasteiger charge is -2.25. The smallest absolute Gasteiger partial charge is 0.324 e. The Morgan fingerprint density at radius 1 is 1.21 bits per heavy atom. The van der Waals surface area contributed by atoms with Crippen LogP contribution in [-0.2, 0) is 19.6 Å². The van der Waals surface area contributed by atoms with Gasteiger partial charge in [0, 0.05) is 19.1 Å². The standard InChI is InChI=1S/C23H32FN3O6S/c24-19-7-6-17(12-20(19)33-14-16-4-5-16)22(18-8-10-32-15-18)26-34(30,31)11-3-1-2-9-27-13-21(28)25-23(27)29/h6-7,12,16,18,22,26H,1-5,8-11,13-15H2,(H,25,28,29)/t18?,22-/m0/s1. The highest BCUT2D eigenvalue weighted by Crippen LogP contribution is 2.34. The quantitative estimate of drug-likeness (QED) is 0.319. The van der Waals surface area contributed by atoms with Crippen LogP contribution in [0, 0.1) is 17.7 Å². The number of carbonyl (C=O) groups is 2. The first-order valence-electron chi connectivity index (χ1n) is 11.9. The van der Waals surface area contributed by atoms with Gasteiger partial charge < -0.3 is 14.4 Å². The van der Waals surface area contributed by atoms with E-state index in [1.165, 1.54) is 11.0 Å². The van der Waals surface area contributed by atoms with Crippen molar-refractivity contribution in [2.24, 2.45) is 11.8 Å². The van der Waals surface area contributed by atoms with Gasteiger partial charge in [0.2, 0.25) is 15.9 Å². The zero-order valence-corrected chi connectivity index (χ0v) is 19.9. The summed E-state index contributed by atoms with van der Waals surface area (Å²) in [6.45, 7) is 1.91. The van der Waals surface area contributed by atoms with Crippen molar-refractivity contribution in [3.63, 3.8) is 0 Å². The van der Waals surface area contributed by atoms with Crippen molar-refractivity contribution in [3.8, 4) is 5.75 Å². The van der Waals surface area contributed by atoms with E-state index in [1.54, 1.807) is 12.1 Å². The van der Waals surface area contributed by atoms with Crippen LogP contribution in [0.2, 0.25) is 0 Å². The summed E-state index contributed by atoms with van der Waals surface area (Å²) in [5.74, 6) is -0.266. The Labute approximate surface area is 199 Å². The second-order valence-electron chi connectivity index (χ2n) is 9.32. The maximum atomic E-state index is 14.3. The Bertz CT molecular complexity index is 994. The van der Waals surface area contributed by atoms with Gasteiger partial charge in [-0.3, -0.25) is 10.1 Å². The maximum Gasteiger partial charge on any atom is 0.324 e. The van der Waals surface area contributed by atoms with Crippen molar-refractivity contribution >= 4 is 22.0 Å². The molecule has 0 radical (unpaired) electrons. The van der Waals surface area contributed by atoms with Crippen molar-refractivity contribution < 1.29 is 31.9 Å². The molecule has 34 heavy (non-hydrogen) atoms. The number of hydrogen-bond donors (Lipinski definition) is 2. The summed E-state index contributed by atoms with van der Waals surface area (Å²) in [6.07, 6.45) is 4.52. The van der Waals surface area contributed by atoms with E-state index in [2.05, 4.69) is 10.0 Å². The minimum Gasteiger partial charge on any atom is -0.490 e. The van der Waals surface area contributed by atoms with Crippen LogP contribution < -0.4 is 14.8 Å². The van der Waals surface area contributed by atoms with E-state index in [1.807, 2.05) is 0 Å². The van der Waals surface area contributed by atoms with Crippen molar-refractivity contribution in [3.05, 3.63) is 29.6 Å². The number of amides is 3. The lowest BCUT2D eigenvalue weighted by molar-refractivity contribution is -0.118. The zero-order valence-electron chi connectivity index (χ0n) is 19.1. The van der Waals surface area contributed by atoms with Crippen molar-refractivity contribution in [2.45, 2.75) is 44.6 Å². The lowest BCUT2D eigenvalue weighted by Crippen LogP contribution is -2.35. The molecule has 9 nitrogen and oxygen atoms in total. The van der Waals surface area contributed by atoms with Crippen LogP contribution >= 0.6 is 0 Å². The maximum absolute atomic E-state index is 14.3. The van der Waals surface area contributed by atoms with E-state index < -0.39 is 27.9 Å². The predicted molar refractivity (Wildman–Crippen MR) is 122 cm³/mol. The molecule has 2 heterocycles. The number of benzene rings is 1. The first-order valence-corrected chi connectivity index (χ1v) is 13.5. The van der Waals surface area contributed by atoms with Crippen LogP contribution in [0.15, 0.2) is 18.2 Å². The van der Waals surface area contributed by atoms with Gasteiger partial charge >= 0.3 is 6.03 Å². The highest BCUT2D eigenvalue weighted by Gasteiger charge is 2.31. The Morgan fingerprint density at radius 3 is 2.71 bits per heavy atom.